The summed E-state index contributed by atoms with van der Waals surface area (Å²) in [7, 11) is 0. The van der Waals surface area contributed by atoms with Crippen molar-refractivity contribution in [2.45, 2.75) is 32.7 Å². The van der Waals surface area contributed by atoms with Crippen LogP contribution in [0.5, 0.6) is 0 Å². The summed E-state index contributed by atoms with van der Waals surface area (Å²) >= 11 is 0. The minimum absolute atomic E-state index is 0.0941. The van der Waals surface area contributed by atoms with E-state index in [1.54, 1.807) is 6.92 Å². The normalized spacial score (nSPS) is 12.8. The zero-order valence-corrected chi connectivity index (χ0v) is 9.67. The number of hydrogen-bond acceptors (Lipinski definition) is 4. The molecule has 0 aromatic carbocycles. The maximum Gasteiger partial charge on any atom is 0.325 e. The van der Waals surface area contributed by atoms with E-state index in [1.165, 1.54) is 0 Å². The molecule has 0 aliphatic rings. The van der Waals surface area contributed by atoms with Gasteiger partial charge in [-0.3, -0.25) is 4.79 Å². The van der Waals surface area contributed by atoms with Crippen molar-refractivity contribution in [3.05, 3.63) is 0 Å². The maximum absolute atomic E-state index is 11.8. The van der Waals surface area contributed by atoms with Crippen LogP contribution in [0.4, 0.5) is 8.78 Å². The predicted octanol–water partition coefficient (Wildman–Crippen LogP) is 1.20. The Hall–Kier alpha value is -0.750. The molecule has 0 aromatic rings. The van der Waals surface area contributed by atoms with Gasteiger partial charge in [0.05, 0.1) is 13.2 Å². The van der Waals surface area contributed by atoms with Crippen LogP contribution in [0.2, 0.25) is 0 Å². The van der Waals surface area contributed by atoms with Crippen molar-refractivity contribution < 1.29 is 23.0 Å². The summed E-state index contributed by atoms with van der Waals surface area (Å²) in [5.74, 6) is -0.467. The highest BCUT2D eigenvalue weighted by Crippen LogP contribution is 1.96. The quantitative estimate of drug-likeness (QED) is 0.614. The average molecular weight is 239 g/mol. The van der Waals surface area contributed by atoms with Crippen LogP contribution in [0.25, 0.3) is 0 Å². The number of hydrogen-bond donors (Lipinski definition) is 1. The van der Waals surface area contributed by atoms with Gasteiger partial charge in [-0.2, -0.15) is 0 Å². The topological polar surface area (TPSA) is 47.6 Å². The SMILES string of the molecule is CCCNC(COCC(F)F)C(=O)OCC. The molecule has 6 heteroatoms. The van der Waals surface area contributed by atoms with E-state index in [0.29, 0.717) is 6.54 Å². The van der Waals surface area contributed by atoms with E-state index in [2.05, 4.69) is 5.32 Å². The summed E-state index contributed by atoms with van der Waals surface area (Å²) in [6, 6.07) is -0.668. The molecule has 4 nitrogen and oxygen atoms in total. The van der Waals surface area contributed by atoms with Gasteiger partial charge in [-0.25, -0.2) is 8.78 Å². The molecule has 0 saturated carbocycles. The van der Waals surface area contributed by atoms with E-state index in [9.17, 15) is 13.6 Å². The number of rotatable bonds is 9. The summed E-state index contributed by atoms with van der Waals surface area (Å²) < 4.78 is 33.1. The van der Waals surface area contributed by atoms with E-state index < -0.39 is 25.0 Å². The molecule has 0 fully saturated rings. The third-order valence-corrected chi connectivity index (χ3v) is 1.74. The number of halogens is 2. The van der Waals surface area contributed by atoms with Gasteiger partial charge in [0.15, 0.2) is 0 Å². The molecule has 0 rings (SSSR count). The lowest BCUT2D eigenvalue weighted by Gasteiger charge is -2.16. The van der Waals surface area contributed by atoms with Crippen LogP contribution in [0.15, 0.2) is 0 Å². The van der Waals surface area contributed by atoms with Gasteiger partial charge in [0.25, 0.3) is 6.43 Å². The minimum atomic E-state index is -2.52. The van der Waals surface area contributed by atoms with Crippen LogP contribution in [0.3, 0.4) is 0 Å². The molecule has 96 valence electrons. The van der Waals surface area contributed by atoms with Gasteiger partial charge >= 0.3 is 5.97 Å². The molecule has 0 bridgehead atoms. The summed E-state index contributed by atoms with van der Waals surface area (Å²) in [5.41, 5.74) is 0. The number of carbonyl (C=O) groups excluding carboxylic acids is 1. The Bertz CT molecular complexity index is 191. The second-order valence-electron chi connectivity index (χ2n) is 3.19. The standard InChI is InChI=1S/C10H19F2NO3/c1-3-5-13-8(10(14)16-4-2)6-15-7-9(11)12/h8-9,13H,3-7H2,1-2H3. The van der Waals surface area contributed by atoms with E-state index in [4.69, 9.17) is 9.47 Å². The maximum atomic E-state index is 11.8. The first-order valence-corrected chi connectivity index (χ1v) is 5.37. The van der Waals surface area contributed by atoms with Crippen LogP contribution in [-0.4, -0.2) is 44.8 Å². The Labute approximate surface area is 94.3 Å². The van der Waals surface area contributed by atoms with E-state index in [-0.39, 0.29) is 13.2 Å². The third kappa shape index (κ3) is 7.53. The van der Waals surface area contributed by atoms with Gasteiger partial charge in [0.1, 0.15) is 12.6 Å². The summed E-state index contributed by atoms with van der Waals surface area (Å²) in [4.78, 5) is 11.4. The van der Waals surface area contributed by atoms with Gasteiger partial charge in [-0.1, -0.05) is 6.92 Å². The molecular weight excluding hydrogens is 220 g/mol. The lowest BCUT2D eigenvalue weighted by molar-refractivity contribution is -0.147. The van der Waals surface area contributed by atoms with Gasteiger partial charge in [0.2, 0.25) is 0 Å². The fraction of sp³-hybridized carbons (Fsp3) is 0.900. The van der Waals surface area contributed by atoms with Gasteiger partial charge in [-0.15, -0.1) is 0 Å². The van der Waals surface area contributed by atoms with Crippen LogP contribution in [0, 0.1) is 0 Å². The first-order chi connectivity index (χ1) is 7.61. The molecule has 0 aliphatic carbocycles. The Morgan fingerprint density at radius 1 is 1.31 bits per heavy atom. The molecule has 1 N–H and O–H groups in total. The van der Waals surface area contributed by atoms with Gasteiger partial charge in [0, 0.05) is 0 Å². The van der Waals surface area contributed by atoms with Crippen LogP contribution >= 0.6 is 0 Å². The zero-order chi connectivity index (χ0) is 12.4. The van der Waals surface area contributed by atoms with Crippen molar-refractivity contribution in [1.82, 2.24) is 5.32 Å². The van der Waals surface area contributed by atoms with Crippen LogP contribution < -0.4 is 5.32 Å². The molecule has 0 radical (unpaired) electrons. The fourth-order valence-corrected chi connectivity index (χ4v) is 1.05. The van der Waals surface area contributed by atoms with Gasteiger partial charge < -0.3 is 14.8 Å². The second-order valence-corrected chi connectivity index (χ2v) is 3.19. The van der Waals surface area contributed by atoms with E-state index >= 15 is 0 Å². The number of ether oxygens (including phenoxy) is 2. The van der Waals surface area contributed by atoms with Crippen LogP contribution in [-0.2, 0) is 14.3 Å². The van der Waals surface area contributed by atoms with Crippen molar-refractivity contribution in [3.8, 4) is 0 Å². The fourth-order valence-electron chi connectivity index (χ4n) is 1.05. The van der Waals surface area contributed by atoms with Crippen molar-refractivity contribution in [2.75, 3.05) is 26.4 Å². The number of esters is 1. The van der Waals surface area contributed by atoms with E-state index in [1.807, 2.05) is 6.92 Å². The lowest BCUT2D eigenvalue weighted by atomic mass is 10.3. The van der Waals surface area contributed by atoms with E-state index in [0.717, 1.165) is 6.42 Å². The van der Waals surface area contributed by atoms with Crippen molar-refractivity contribution in [1.29, 1.82) is 0 Å². The summed E-state index contributed by atoms with van der Waals surface area (Å²) in [5, 5.41) is 2.88. The minimum Gasteiger partial charge on any atom is -0.465 e. The average Bonchev–Trinajstić information content (AvgIpc) is 2.22. The number of carbonyl (C=O) groups is 1. The number of alkyl halides is 2. The molecule has 0 aromatic heterocycles. The lowest BCUT2D eigenvalue weighted by Crippen LogP contribution is -2.42. The molecule has 0 amide bonds. The Morgan fingerprint density at radius 3 is 2.50 bits per heavy atom. The molecule has 1 atom stereocenters. The molecule has 0 heterocycles. The zero-order valence-electron chi connectivity index (χ0n) is 9.67. The molecule has 0 spiro atoms. The Kier molecular flexibility index (Phi) is 9.03. The second kappa shape index (κ2) is 9.47. The smallest absolute Gasteiger partial charge is 0.325 e. The first-order valence-electron chi connectivity index (χ1n) is 5.37. The molecule has 0 aliphatic heterocycles. The summed E-state index contributed by atoms with van der Waals surface area (Å²) in [6.45, 7) is 3.75. The molecule has 1 unspecified atom stereocenters. The molecular formula is C10H19F2NO3. The van der Waals surface area contributed by atoms with Crippen LogP contribution in [0.1, 0.15) is 20.3 Å². The molecule has 0 saturated heterocycles. The first kappa shape index (κ1) is 15.2. The predicted molar refractivity (Wildman–Crippen MR) is 55.5 cm³/mol. The van der Waals surface area contributed by atoms with Crippen molar-refractivity contribution >= 4 is 5.97 Å². The Morgan fingerprint density at radius 2 is 2.00 bits per heavy atom. The van der Waals surface area contributed by atoms with Crippen molar-refractivity contribution in [2.24, 2.45) is 0 Å². The van der Waals surface area contributed by atoms with Gasteiger partial charge in [-0.05, 0) is 19.9 Å². The monoisotopic (exact) mass is 239 g/mol. The highest BCUT2D eigenvalue weighted by Gasteiger charge is 2.19. The largest absolute Gasteiger partial charge is 0.465 e. The highest BCUT2D eigenvalue weighted by molar-refractivity contribution is 5.75. The third-order valence-electron chi connectivity index (χ3n) is 1.74. The number of nitrogens with one attached hydrogen (secondary N) is 1. The molecule has 16 heavy (non-hydrogen) atoms. The van der Waals surface area contributed by atoms with Crippen molar-refractivity contribution in [3.63, 3.8) is 0 Å². The highest BCUT2D eigenvalue weighted by atomic mass is 19.3. The summed E-state index contributed by atoms with van der Waals surface area (Å²) in [6.07, 6.45) is -1.68. The Balaban J connectivity index is 3.94.